The van der Waals surface area contributed by atoms with E-state index in [0.29, 0.717) is 55.0 Å². The lowest BCUT2D eigenvalue weighted by molar-refractivity contribution is -0.386. The van der Waals surface area contributed by atoms with E-state index in [1.54, 1.807) is 56.0 Å². The zero-order valence-electron chi connectivity index (χ0n) is 62.9. The first-order valence-corrected chi connectivity index (χ1v) is 35.3. The van der Waals surface area contributed by atoms with Crippen molar-refractivity contribution in [3.05, 3.63) is 185 Å². The largest absolute Gasteiger partial charge is 0.497 e. The van der Waals surface area contributed by atoms with Crippen LogP contribution in [0, 0.1) is 31.9 Å². The Morgan fingerprint density at radius 1 is 0.500 bits per heavy atom. The van der Waals surface area contributed by atoms with Gasteiger partial charge in [-0.1, -0.05) is 19.9 Å². The first-order chi connectivity index (χ1) is 55.0. The van der Waals surface area contributed by atoms with Crippen molar-refractivity contribution >= 4 is 88.2 Å². The van der Waals surface area contributed by atoms with Gasteiger partial charge in [0.05, 0.1) is 81.2 Å². The molecule has 5 atom stereocenters. The Hall–Kier alpha value is -14.2. The van der Waals surface area contributed by atoms with E-state index in [2.05, 4.69) is 0 Å². The van der Waals surface area contributed by atoms with Crippen molar-refractivity contribution in [2.24, 2.45) is 0 Å². The molecular formula is C78H76F2N6O30. The minimum absolute atomic E-state index is 0.0253. The first-order valence-electron chi connectivity index (χ1n) is 35.3. The summed E-state index contributed by atoms with van der Waals surface area (Å²) in [4.78, 5) is 150. The number of aliphatic carboxylic acids is 5. The van der Waals surface area contributed by atoms with Crippen LogP contribution in [0.15, 0.2) is 103 Å². The van der Waals surface area contributed by atoms with Crippen LogP contribution in [0.25, 0.3) is 0 Å². The van der Waals surface area contributed by atoms with E-state index < -0.39 is 161 Å². The molecule has 1 spiro atoms. The van der Waals surface area contributed by atoms with Gasteiger partial charge < -0.3 is 92.9 Å². The van der Waals surface area contributed by atoms with Crippen LogP contribution in [0.4, 0.5) is 42.9 Å². The van der Waals surface area contributed by atoms with Gasteiger partial charge in [0.1, 0.15) is 105 Å². The number of carbonyl (C=O) groups is 7. The number of carboxylic acid groups (broad SMARTS) is 6. The number of likely N-dealkylation sites (N-methyl/N-ethyl adjacent to an activating group) is 3. The SMILES string of the molecule is CCN(CC(=O)O)c1ccc(OC)cc1O[C@@H]1CCC[C@@H]1Oc1cc([N+](=O)[O-])c(COc2cc3c(cc2F)C2(OC(=O)c4cc(C(=O)O)ccc42)c2cc(F)c(OCc4cc(N(CC(=O)O)CC(=O)O)c(O[C@H]5CCC[C@H]5Oc5cc(OC)ccc5N(C)CC(=O)O)cc4[N+](=O)[O-])cc2C3(C)C)cc1N(C)CC(=O)O.O=C=O.O=C=O. The maximum absolute atomic E-state index is 17.5. The molecule has 1 aliphatic heterocycles. The number of hydrogen-bond donors (Lipinski definition) is 6. The van der Waals surface area contributed by atoms with E-state index >= 15 is 8.78 Å². The third-order valence-electron chi connectivity index (χ3n) is 19.7. The van der Waals surface area contributed by atoms with Crippen LogP contribution >= 0.6 is 0 Å². The molecule has 0 bridgehead atoms. The lowest BCUT2D eigenvalue weighted by Crippen LogP contribution is -2.41. The van der Waals surface area contributed by atoms with E-state index in [1.807, 2.05) is 0 Å². The highest BCUT2D eigenvalue weighted by molar-refractivity contribution is 6.00. The predicted molar refractivity (Wildman–Crippen MR) is 395 cm³/mol. The molecule has 36 nitrogen and oxygen atoms in total. The summed E-state index contributed by atoms with van der Waals surface area (Å²) in [7, 11) is 5.77. The van der Waals surface area contributed by atoms with Gasteiger partial charge >= 0.3 is 54.1 Å². The van der Waals surface area contributed by atoms with Gasteiger partial charge in [-0.2, -0.15) is 19.2 Å². The van der Waals surface area contributed by atoms with Crippen LogP contribution in [0.2, 0.25) is 0 Å². The normalized spacial score (nSPS) is 16.9. The molecule has 612 valence electrons. The Kier molecular flexibility index (Phi) is 27.1. The Labute approximate surface area is 656 Å². The highest BCUT2D eigenvalue weighted by Crippen LogP contribution is 2.59. The topological polar surface area (TPSA) is 491 Å². The fraction of sp³-hybridized carbons (Fsp3) is 0.346. The predicted octanol–water partition coefficient (Wildman–Crippen LogP) is 9.28. The molecule has 6 N–H and O–H groups in total. The average Bonchev–Trinajstić information content (AvgIpc) is 1.40. The molecule has 7 aromatic carbocycles. The fourth-order valence-electron chi connectivity index (χ4n) is 14.5. The van der Waals surface area contributed by atoms with Crippen LogP contribution in [0.1, 0.15) is 119 Å². The number of nitro benzene ring substituents is 2. The van der Waals surface area contributed by atoms with Gasteiger partial charge in [-0.3, -0.25) is 44.2 Å². The second kappa shape index (κ2) is 36.6. The zero-order valence-corrected chi connectivity index (χ0v) is 62.9. The summed E-state index contributed by atoms with van der Waals surface area (Å²) in [6.45, 7) is 0.171. The molecule has 1 heterocycles. The van der Waals surface area contributed by atoms with Crippen molar-refractivity contribution in [1.29, 1.82) is 0 Å². The summed E-state index contributed by atoms with van der Waals surface area (Å²) in [5.41, 5.74) is -5.95. The summed E-state index contributed by atoms with van der Waals surface area (Å²) >= 11 is 0. The lowest BCUT2D eigenvalue weighted by atomic mass is 9.61. The quantitative estimate of drug-likeness (QED) is 0.0124. The molecule has 1 unspecified atom stereocenters. The number of benzene rings is 7. The van der Waals surface area contributed by atoms with Crippen LogP contribution in [-0.4, -0.2) is 187 Å². The highest BCUT2D eigenvalue weighted by atomic mass is 19.1. The molecule has 3 aliphatic carbocycles. The van der Waals surface area contributed by atoms with Crippen LogP contribution in [0.3, 0.4) is 0 Å². The Morgan fingerprint density at radius 2 is 0.888 bits per heavy atom. The van der Waals surface area contributed by atoms with E-state index in [1.165, 1.54) is 68.4 Å². The maximum atomic E-state index is 17.5. The number of carboxylic acids is 6. The molecule has 2 saturated carbocycles. The van der Waals surface area contributed by atoms with E-state index in [4.69, 9.17) is 61.8 Å². The number of carbonyl (C=O) groups excluding carboxylic acids is 5. The number of halogens is 2. The zero-order chi connectivity index (χ0) is 84.9. The molecule has 11 rings (SSSR count). The van der Waals surface area contributed by atoms with Crippen molar-refractivity contribution in [2.45, 2.75) is 108 Å². The third-order valence-corrected chi connectivity index (χ3v) is 19.7. The molecule has 0 saturated heterocycles. The minimum atomic E-state index is -2.30. The van der Waals surface area contributed by atoms with Gasteiger partial charge in [-0.05, 0) is 129 Å². The molecule has 4 aliphatic rings. The number of esters is 1. The van der Waals surface area contributed by atoms with Gasteiger partial charge in [-0.15, -0.1) is 0 Å². The van der Waals surface area contributed by atoms with Crippen LogP contribution in [0.5, 0.6) is 46.0 Å². The summed E-state index contributed by atoms with van der Waals surface area (Å²) in [6, 6.07) is 21.6. The van der Waals surface area contributed by atoms with E-state index in [0.717, 1.165) is 47.4 Å². The first kappa shape index (κ1) is 85.8. The Morgan fingerprint density at radius 3 is 1.29 bits per heavy atom. The van der Waals surface area contributed by atoms with E-state index in [-0.39, 0.29) is 116 Å². The number of aromatic carboxylic acids is 1. The number of fused-ring (bicyclic) bond motifs is 6. The fourth-order valence-corrected chi connectivity index (χ4v) is 14.5. The summed E-state index contributed by atoms with van der Waals surface area (Å²) < 4.78 is 90.5. The second-order valence-corrected chi connectivity index (χ2v) is 27.3. The van der Waals surface area contributed by atoms with Crippen molar-refractivity contribution in [3.63, 3.8) is 0 Å². The number of anilines is 4. The van der Waals surface area contributed by atoms with Crippen molar-refractivity contribution in [1.82, 2.24) is 0 Å². The molecule has 116 heavy (non-hydrogen) atoms. The molecule has 0 radical (unpaired) electrons. The average molecular weight is 1620 g/mol. The summed E-state index contributed by atoms with van der Waals surface area (Å²) in [5, 5.41) is 86.1. The Balaban J connectivity index is 0.00000248. The van der Waals surface area contributed by atoms with Gasteiger partial charge in [0.2, 0.25) is 0 Å². The highest BCUT2D eigenvalue weighted by Gasteiger charge is 2.57. The number of nitro groups is 2. The minimum Gasteiger partial charge on any atom is -0.497 e. The van der Waals surface area contributed by atoms with Crippen molar-refractivity contribution in [2.75, 3.05) is 87.2 Å². The number of ether oxygens (including phenoxy) is 9. The third kappa shape index (κ3) is 18.8. The number of nitrogens with zero attached hydrogens (tertiary/aromatic N) is 6. The molecule has 2 fully saturated rings. The van der Waals surface area contributed by atoms with Gasteiger partial charge in [0, 0.05) is 54.9 Å². The standard InChI is InChI=1S/C76H76F2N6O26.2CO2/c1-8-81(34-70(89)90)53-20-17-43(103-7)25-65(53)107-59-12-10-13-60(59)108-66-30-54(83(98)99)40(22-56(66)80(5)33-69(87)88)37-104-62-28-46-48(26-50(62)77)76(45-18-15-39(73(95)96)21-44(45)74(97)110-76)49-27-51(78)63(29-47(49)75(46,2)3)105-38-41-23-57(82(35-71(91)92)36-72(93)94)67(31-55(41)84(100)101)109-61-14-9-11-58(61)106-64-24-42(102-6)16-19-52(64)79(4)32-68(85)86;2*2-1-3/h15-31,58-61H,8-14,32-38H2,1-7H3,(H,85,86)(H,87,88)(H,89,90)(H,91,92)(H,93,94)(H,95,96);;/t58-,59-,60+,61+,76?;;/m1../s1. The van der Waals surface area contributed by atoms with Gasteiger partial charge in [0.25, 0.3) is 11.4 Å². The van der Waals surface area contributed by atoms with Crippen LogP contribution < -0.4 is 57.5 Å². The number of rotatable bonds is 34. The smallest absolute Gasteiger partial charge is 0.373 e. The van der Waals surface area contributed by atoms with Gasteiger partial charge in [0.15, 0.2) is 28.7 Å². The van der Waals surface area contributed by atoms with E-state index in [9.17, 15) is 84.4 Å². The molecule has 7 aromatic rings. The Bertz CT molecular complexity index is 5060. The van der Waals surface area contributed by atoms with Crippen molar-refractivity contribution < 1.29 is 145 Å². The number of methoxy groups -OCH3 is 2. The molecule has 0 amide bonds. The summed E-state index contributed by atoms with van der Waals surface area (Å²) in [6.07, 6.45) is -0.495. The number of hydrogen-bond acceptors (Lipinski definition) is 28. The van der Waals surface area contributed by atoms with Crippen molar-refractivity contribution in [3.8, 4) is 46.0 Å². The summed E-state index contributed by atoms with van der Waals surface area (Å²) in [5.74, 6) is -12.0. The monoisotopic (exact) mass is 1610 g/mol. The molecular weight excluding hydrogens is 1540 g/mol. The molecule has 38 heteroatoms. The van der Waals surface area contributed by atoms with Gasteiger partial charge in [-0.25, -0.2) is 18.4 Å². The van der Waals surface area contributed by atoms with Crippen LogP contribution in [-0.2, 0) is 72.1 Å². The second-order valence-electron chi connectivity index (χ2n) is 27.3. The molecule has 0 aromatic heterocycles. The lowest BCUT2D eigenvalue weighted by Gasteiger charge is -2.44. The maximum Gasteiger partial charge on any atom is 0.373 e.